The molecule has 4 aromatic rings. The quantitative estimate of drug-likeness (QED) is 0.439. The largest absolute Gasteiger partial charge is 0.354 e. The Labute approximate surface area is 163 Å². The molecule has 0 aliphatic rings. The Morgan fingerprint density at radius 2 is 1.64 bits per heavy atom. The summed E-state index contributed by atoms with van der Waals surface area (Å²) in [7, 11) is 0. The molecular weight excluding hydrogens is 351 g/mol. The van der Waals surface area contributed by atoms with Gasteiger partial charge in [-0.15, -0.1) is 0 Å². The van der Waals surface area contributed by atoms with Crippen LogP contribution in [-0.4, -0.2) is 17.3 Å². The Hall–Kier alpha value is -3.24. The lowest BCUT2D eigenvalue weighted by Crippen LogP contribution is -2.26. The van der Waals surface area contributed by atoms with Crippen molar-refractivity contribution in [1.82, 2.24) is 10.3 Å². The fraction of sp³-hybridized carbons (Fsp3) is 0.125. The van der Waals surface area contributed by atoms with Gasteiger partial charge in [-0.1, -0.05) is 66.7 Å². The van der Waals surface area contributed by atoms with Crippen LogP contribution in [-0.2, 0) is 0 Å². The van der Waals surface area contributed by atoms with Gasteiger partial charge in [-0.25, -0.2) is 4.39 Å². The number of carbonyl (C=O) groups is 1. The molecule has 0 bridgehead atoms. The first-order valence-corrected chi connectivity index (χ1v) is 9.32. The third-order valence-electron chi connectivity index (χ3n) is 4.99. The number of Topliss-reactive ketones (excluding diaryl/α,β-unsaturated/α-hetero) is 1. The zero-order valence-electron chi connectivity index (χ0n) is 15.6. The van der Waals surface area contributed by atoms with Gasteiger partial charge in [0.05, 0.1) is 17.8 Å². The maximum absolute atomic E-state index is 14.0. The number of fused-ring (bicyclic) bond motifs is 1. The predicted molar refractivity (Wildman–Crippen MR) is 111 cm³/mol. The summed E-state index contributed by atoms with van der Waals surface area (Å²) >= 11 is 0. The number of H-pyrrole nitrogens is 1. The number of nitrogens with one attached hydrogen (secondary N) is 2. The standard InChI is InChI=1S/C24H21FN2O/c1-16(18-11-5-7-13-20(18)25)26-15-22(28)23-19-12-6-8-14-21(19)27-24(23)17-9-3-2-4-10-17/h2-14,16,26-27H,15H2,1H3. The average Bonchev–Trinajstić information content (AvgIpc) is 3.12. The van der Waals surface area contributed by atoms with E-state index in [2.05, 4.69) is 10.3 Å². The monoisotopic (exact) mass is 372 g/mol. The Bertz CT molecular complexity index is 1120. The summed E-state index contributed by atoms with van der Waals surface area (Å²) in [4.78, 5) is 16.5. The van der Waals surface area contributed by atoms with Crippen LogP contribution in [0.25, 0.3) is 22.2 Å². The van der Waals surface area contributed by atoms with E-state index in [1.807, 2.05) is 61.5 Å². The highest BCUT2D eigenvalue weighted by Gasteiger charge is 2.20. The van der Waals surface area contributed by atoms with Crippen molar-refractivity contribution in [3.8, 4) is 11.3 Å². The van der Waals surface area contributed by atoms with Crippen molar-refractivity contribution >= 4 is 16.7 Å². The van der Waals surface area contributed by atoms with Crippen LogP contribution in [0, 0.1) is 5.82 Å². The molecule has 1 unspecified atom stereocenters. The van der Waals surface area contributed by atoms with E-state index in [-0.39, 0.29) is 24.2 Å². The first-order chi connectivity index (χ1) is 13.6. The van der Waals surface area contributed by atoms with Crippen molar-refractivity contribution in [3.05, 3.63) is 95.8 Å². The minimum Gasteiger partial charge on any atom is -0.354 e. The Morgan fingerprint density at radius 1 is 0.964 bits per heavy atom. The number of aromatic amines is 1. The first kappa shape index (κ1) is 18.1. The molecular formula is C24H21FN2O. The van der Waals surface area contributed by atoms with Gasteiger partial charge in [0.25, 0.3) is 0 Å². The van der Waals surface area contributed by atoms with E-state index in [0.29, 0.717) is 11.1 Å². The third kappa shape index (κ3) is 3.47. The second-order valence-corrected chi connectivity index (χ2v) is 6.83. The highest BCUT2D eigenvalue weighted by atomic mass is 19.1. The van der Waals surface area contributed by atoms with Crippen molar-refractivity contribution in [2.45, 2.75) is 13.0 Å². The number of carbonyl (C=O) groups excluding carboxylic acids is 1. The lowest BCUT2D eigenvalue weighted by Gasteiger charge is -2.15. The highest BCUT2D eigenvalue weighted by Crippen LogP contribution is 2.30. The molecule has 2 N–H and O–H groups in total. The summed E-state index contributed by atoms with van der Waals surface area (Å²) in [6, 6.07) is 24.0. The average molecular weight is 372 g/mol. The SMILES string of the molecule is CC(NCC(=O)c1c(-c2ccccc2)[nH]c2ccccc12)c1ccccc1F. The molecule has 1 heterocycles. The van der Waals surface area contributed by atoms with E-state index in [1.54, 1.807) is 18.2 Å². The molecule has 0 radical (unpaired) electrons. The molecule has 28 heavy (non-hydrogen) atoms. The van der Waals surface area contributed by atoms with E-state index in [9.17, 15) is 9.18 Å². The van der Waals surface area contributed by atoms with Crippen LogP contribution in [0.4, 0.5) is 4.39 Å². The Balaban J connectivity index is 1.65. The Kier molecular flexibility index (Phi) is 5.04. The highest BCUT2D eigenvalue weighted by molar-refractivity contribution is 6.14. The van der Waals surface area contributed by atoms with Crippen molar-refractivity contribution in [2.24, 2.45) is 0 Å². The van der Waals surface area contributed by atoms with Crippen LogP contribution in [0.1, 0.15) is 28.9 Å². The van der Waals surface area contributed by atoms with Gasteiger partial charge in [0.15, 0.2) is 5.78 Å². The normalized spacial score (nSPS) is 12.2. The van der Waals surface area contributed by atoms with Gasteiger partial charge in [-0.05, 0) is 24.6 Å². The van der Waals surface area contributed by atoms with Gasteiger partial charge in [-0.3, -0.25) is 4.79 Å². The van der Waals surface area contributed by atoms with Crippen molar-refractivity contribution in [3.63, 3.8) is 0 Å². The molecule has 140 valence electrons. The van der Waals surface area contributed by atoms with E-state index < -0.39 is 0 Å². The van der Waals surface area contributed by atoms with Crippen molar-refractivity contribution in [2.75, 3.05) is 6.54 Å². The maximum atomic E-state index is 14.0. The minimum atomic E-state index is -0.271. The number of rotatable bonds is 6. The van der Waals surface area contributed by atoms with Crippen LogP contribution in [0.5, 0.6) is 0 Å². The number of ketones is 1. The predicted octanol–water partition coefficient (Wildman–Crippen LogP) is 5.51. The molecule has 1 atom stereocenters. The molecule has 0 aliphatic heterocycles. The van der Waals surface area contributed by atoms with Crippen LogP contribution >= 0.6 is 0 Å². The third-order valence-corrected chi connectivity index (χ3v) is 4.99. The fourth-order valence-corrected chi connectivity index (χ4v) is 3.52. The maximum Gasteiger partial charge on any atom is 0.179 e. The van der Waals surface area contributed by atoms with Crippen LogP contribution in [0.2, 0.25) is 0 Å². The summed E-state index contributed by atoms with van der Waals surface area (Å²) in [6.45, 7) is 1.98. The first-order valence-electron chi connectivity index (χ1n) is 9.32. The summed E-state index contributed by atoms with van der Waals surface area (Å²) in [5.74, 6) is -0.300. The van der Waals surface area contributed by atoms with Crippen LogP contribution < -0.4 is 5.32 Å². The second-order valence-electron chi connectivity index (χ2n) is 6.83. The molecule has 0 saturated heterocycles. The van der Waals surface area contributed by atoms with Crippen LogP contribution in [0.15, 0.2) is 78.9 Å². The van der Waals surface area contributed by atoms with E-state index in [4.69, 9.17) is 0 Å². The van der Waals surface area contributed by atoms with Gasteiger partial charge >= 0.3 is 0 Å². The summed E-state index contributed by atoms with van der Waals surface area (Å²) < 4.78 is 14.0. The molecule has 4 rings (SSSR count). The smallest absolute Gasteiger partial charge is 0.179 e. The lowest BCUT2D eigenvalue weighted by molar-refractivity contribution is 0.0990. The summed E-state index contributed by atoms with van der Waals surface area (Å²) in [5.41, 5.74) is 3.91. The van der Waals surface area contributed by atoms with Gasteiger partial charge in [0.2, 0.25) is 0 Å². The van der Waals surface area contributed by atoms with Crippen LogP contribution in [0.3, 0.4) is 0 Å². The van der Waals surface area contributed by atoms with E-state index in [0.717, 1.165) is 22.2 Å². The number of benzene rings is 3. The topological polar surface area (TPSA) is 44.9 Å². The van der Waals surface area contributed by atoms with Crippen molar-refractivity contribution in [1.29, 1.82) is 0 Å². The molecule has 0 amide bonds. The molecule has 3 aromatic carbocycles. The van der Waals surface area contributed by atoms with E-state index >= 15 is 0 Å². The molecule has 0 fully saturated rings. The number of hydrogen-bond acceptors (Lipinski definition) is 2. The van der Waals surface area contributed by atoms with Gasteiger partial charge in [-0.2, -0.15) is 0 Å². The van der Waals surface area contributed by atoms with Crippen molar-refractivity contribution < 1.29 is 9.18 Å². The number of hydrogen-bond donors (Lipinski definition) is 2. The van der Waals surface area contributed by atoms with Gasteiger partial charge in [0, 0.05) is 22.5 Å². The molecule has 0 saturated carbocycles. The molecule has 4 heteroatoms. The van der Waals surface area contributed by atoms with Gasteiger partial charge in [0.1, 0.15) is 5.82 Å². The number of para-hydroxylation sites is 1. The van der Waals surface area contributed by atoms with E-state index in [1.165, 1.54) is 6.07 Å². The zero-order chi connectivity index (χ0) is 19.5. The summed E-state index contributed by atoms with van der Waals surface area (Å²) in [5, 5.41) is 4.06. The molecule has 3 nitrogen and oxygen atoms in total. The number of halogens is 1. The molecule has 1 aromatic heterocycles. The fourth-order valence-electron chi connectivity index (χ4n) is 3.52. The minimum absolute atomic E-state index is 0.0282. The molecule has 0 spiro atoms. The van der Waals surface area contributed by atoms with Gasteiger partial charge < -0.3 is 10.3 Å². The lowest BCUT2D eigenvalue weighted by atomic mass is 10.0. The number of aromatic nitrogens is 1. The zero-order valence-corrected chi connectivity index (χ0v) is 15.6. The molecule has 0 aliphatic carbocycles. The summed E-state index contributed by atoms with van der Waals surface area (Å²) in [6.07, 6.45) is 0. The second kappa shape index (κ2) is 7.79. The Morgan fingerprint density at radius 3 is 2.43 bits per heavy atom.